The minimum Gasteiger partial charge on any atom is -0.326 e. The zero-order chi connectivity index (χ0) is 11.3. The van der Waals surface area contributed by atoms with E-state index in [4.69, 9.17) is 0 Å². The number of nitrogens with one attached hydrogen (secondary N) is 1. The number of amides is 1. The van der Waals surface area contributed by atoms with Crippen molar-refractivity contribution < 1.29 is 4.79 Å². The summed E-state index contributed by atoms with van der Waals surface area (Å²) in [6.07, 6.45) is 3.41. The molecule has 0 saturated carbocycles. The summed E-state index contributed by atoms with van der Waals surface area (Å²) in [5.74, 6) is -0.0916. The Labute approximate surface area is 97.8 Å². The van der Waals surface area contributed by atoms with Gasteiger partial charge in [0, 0.05) is 17.1 Å². The van der Waals surface area contributed by atoms with Gasteiger partial charge in [-0.2, -0.15) is 0 Å². The van der Waals surface area contributed by atoms with Crippen molar-refractivity contribution in [3.63, 3.8) is 0 Å². The predicted octanol–water partition coefficient (Wildman–Crippen LogP) is 3.11. The number of halogens is 1. The molecule has 0 unspecified atom stereocenters. The maximum Gasteiger partial charge on any atom is 0.221 e. The molecule has 0 bridgehead atoms. The Morgan fingerprint density at radius 2 is 2.00 bits per heavy atom. The third kappa shape index (κ3) is 3.72. The molecule has 3 heteroatoms. The van der Waals surface area contributed by atoms with Gasteiger partial charge >= 0.3 is 0 Å². The van der Waals surface area contributed by atoms with Crippen molar-refractivity contribution >= 4 is 27.5 Å². The minimum atomic E-state index is -0.0916. The second-order valence-electron chi connectivity index (χ2n) is 3.00. The average molecular weight is 266 g/mol. The van der Waals surface area contributed by atoms with Crippen LogP contribution in [0.1, 0.15) is 12.5 Å². The first-order valence-electron chi connectivity index (χ1n) is 4.49. The summed E-state index contributed by atoms with van der Waals surface area (Å²) < 4.78 is 1.01. The number of carbonyl (C=O) groups is 1. The van der Waals surface area contributed by atoms with Gasteiger partial charge in [0.2, 0.25) is 5.91 Å². The molecule has 1 N–H and O–H groups in total. The van der Waals surface area contributed by atoms with Gasteiger partial charge in [0.25, 0.3) is 0 Å². The number of allylic oxidation sites excluding steroid dienone is 2. The van der Waals surface area contributed by atoms with Crippen LogP contribution in [0, 0.1) is 0 Å². The molecule has 1 aromatic rings. The quantitative estimate of drug-likeness (QED) is 0.837. The van der Waals surface area contributed by atoms with E-state index in [0.717, 1.165) is 15.7 Å². The lowest BCUT2D eigenvalue weighted by Crippen LogP contribution is -2.17. The molecule has 1 amide bonds. The number of hydrogen-bond acceptors (Lipinski definition) is 1. The fraction of sp³-hybridized carbons (Fsp3) is 0.0833. The highest BCUT2D eigenvalue weighted by atomic mass is 79.9. The van der Waals surface area contributed by atoms with Gasteiger partial charge in [-0.25, -0.2) is 0 Å². The summed E-state index contributed by atoms with van der Waals surface area (Å²) in [4.78, 5) is 11.0. The molecule has 0 atom stereocenters. The molecule has 1 rings (SSSR count). The maximum absolute atomic E-state index is 11.0. The lowest BCUT2D eigenvalue weighted by molar-refractivity contribution is -0.117. The lowest BCUT2D eigenvalue weighted by atomic mass is 10.1. The second-order valence-corrected chi connectivity index (χ2v) is 3.92. The summed E-state index contributed by atoms with van der Waals surface area (Å²) in [6.45, 7) is 5.10. The fourth-order valence-corrected chi connectivity index (χ4v) is 1.41. The summed E-state index contributed by atoms with van der Waals surface area (Å²) in [7, 11) is 0. The van der Waals surface area contributed by atoms with Gasteiger partial charge < -0.3 is 5.32 Å². The van der Waals surface area contributed by atoms with Crippen LogP contribution in [0.25, 0.3) is 5.70 Å². The molecule has 0 heterocycles. The highest BCUT2D eigenvalue weighted by molar-refractivity contribution is 9.10. The monoisotopic (exact) mass is 265 g/mol. The zero-order valence-corrected chi connectivity index (χ0v) is 10.0. The van der Waals surface area contributed by atoms with Gasteiger partial charge in [0.15, 0.2) is 0 Å². The van der Waals surface area contributed by atoms with Gasteiger partial charge in [0.05, 0.1) is 0 Å². The first-order valence-corrected chi connectivity index (χ1v) is 5.29. The molecular weight excluding hydrogens is 254 g/mol. The van der Waals surface area contributed by atoms with E-state index in [1.54, 1.807) is 12.2 Å². The minimum absolute atomic E-state index is 0.0916. The maximum atomic E-state index is 11.0. The van der Waals surface area contributed by atoms with Crippen LogP contribution in [0.3, 0.4) is 0 Å². The number of rotatable bonds is 3. The molecular formula is C12H12BrNO. The smallest absolute Gasteiger partial charge is 0.221 e. The Kier molecular flexibility index (Phi) is 4.31. The van der Waals surface area contributed by atoms with Crippen molar-refractivity contribution in [1.29, 1.82) is 0 Å². The molecule has 1 aromatic carbocycles. The predicted molar refractivity (Wildman–Crippen MR) is 66.1 cm³/mol. The summed E-state index contributed by atoms with van der Waals surface area (Å²) >= 11 is 3.36. The Bertz CT molecular complexity index is 393. The van der Waals surface area contributed by atoms with E-state index in [1.807, 2.05) is 24.3 Å². The van der Waals surface area contributed by atoms with Crippen molar-refractivity contribution in [3.05, 3.63) is 53.0 Å². The molecule has 0 aromatic heterocycles. The normalized spacial score (nSPS) is 10.9. The second kappa shape index (κ2) is 5.51. The van der Waals surface area contributed by atoms with Gasteiger partial charge in [-0.3, -0.25) is 4.79 Å². The molecule has 0 aliphatic heterocycles. The standard InChI is InChI=1S/C12H12BrNO/c1-3-4-12(14-9(2)15)10-5-7-11(13)8-6-10/h3-8H,1H2,2H3,(H,14,15). The van der Waals surface area contributed by atoms with E-state index in [0.29, 0.717) is 0 Å². The topological polar surface area (TPSA) is 29.1 Å². The van der Waals surface area contributed by atoms with Crippen LogP contribution in [0.2, 0.25) is 0 Å². The molecule has 2 nitrogen and oxygen atoms in total. The van der Waals surface area contributed by atoms with Gasteiger partial charge in [0.1, 0.15) is 0 Å². The molecule has 0 spiro atoms. The van der Waals surface area contributed by atoms with Crippen LogP contribution < -0.4 is 5.32 Å². The molecule has 0 aliphatic rings. The van der Waals surface area contributed by atoms with E-state index >= 15 is 0 Å². The fourth-order valence-electron chi connectivity index (χ4n) is 1.15. The SMILES string of the molecule is C=CC=C(NC(C)=O)c1ccc(Br)cc1. The van der Waals surface area contributed by atoms with Crippen LogP contribution in [0.15, 0.2) is 47.5 Å². The van der Waals surface area contributed by atoms with Gasteiger partial charge in [-0.05, 0) is 23.8 Å². The molecule has 0 aliphatic carbocycles. The number of benzene rings is 1. The van der Waals surface area contributed by atoms with E-state index in [-0.39, 0.29) is 5.91 Å². The van der Waals surface area contributed by atoms with E-state index in [9.17, 15) is 4.79 Å². The van der Waals surface area contributed by atoms with E-state index < -0.39 is 0 Å². The van der Waals surface area contributed by atoms with Crippen LogP contribution in [-0.2, 0) is 4.79 Å². The molecule has 15 heavy (non-hydrogen) atoms. The third-order valence-electron chi connectivity index (χ3n) is 1.75. The Hall–Kier alpha value is -1.35. The third-order valence-corrected chi connectivity index (χ3v) is 2.28. The lowest BCUT2D eigenvalue weighted by Gasteiger charge is -2.07. The van der Waals surface area contributed by atoms with E-state index in [2.05, 4.69) is 27.8 Å². The Morgan fingerprint density at radius 1 is 1.40 bits per heavy atom. The van der Waals surface area contributed by atoms with Gasteiger partial charge in [-0.1, -0.05) is 40.7 Å². The van der Waals surface area contributed by atoms with Crippen molar-refractivity contribution in [3.8, 4) is 0 Å². The molecule has 0 fully saturated rings. The highest BCUT2D eigenvalue weighted by Gasteiger charge is 2.01. The summed E-state index contributed by atoms with van der Waals surface area (Å²) in [6, 6.07) is 7.70. The van der Waals surface area contributed by atoms with Gasteiger partial charge in [-0.15, -0.1) is 0 Å². The van der Waals surface area contributed by atoms with Crippen LogP contribution >= 0.6 is 15.9 Å². The summed E-state index contributed by atoms with van der Waals surface area (Å²) in [5, 5.41) is 2.75. The van der Waals surface area contributed by atoms with Crippen LogP contribution in [0.5, 0.6) is 0 Å². The van der Waals surface area contributed by atoms with E-state index in [1.165, 1.54) is 6.92 Å². The van der Waals surface area contributed by atoms with Crippen molar-refractivity contribution in [1.82, 2.24) is 5.32 Å². The Balaban J connectivity index is 2.99. The van der Waals surface area contributed by atoms with Crippen molar-refractivity contribution in [2.24, 2.45) is 0 Å². The summed E-state index contributed by atoms with van der Waals surface area (Å²) in [5.41, 5.74) is 1.71. The molecule has 0 saturated heterocycles. The molecule has 0 radical (unpaired) electrons. The number of hydrogen-bond donors (Lipinski definition) is 1. The Morgan fingerprint density at radius 3 is 2.47 bits per heavy atom. The first-order chi connectivity index (χ1) is 7.13. The number of carbonyl (C=O) groups excluding carboxylic acids is 1. The molecule has 78 valence electrons. The largest absolute Gasteiger partial charge is 0.326 e. The van der Waals surface area contributed by atoms with Crippen LogP contribution in [0.4, 0.5) is 0 Å². The van der Waals surface area contributed by atoms with Crippen molar-refractivity contribution in [2.45, 2.75) is 6.92 Å². The zero-order valence-electron chi connectivity index (χ0n) is 8.46. The van der Waals surface area contributed by atoms with Crippen molar-refractivity contribution in [2.75, 3.05) is 0 Å². The highest BCUT2D eigenvalue weighted by Crippen LogP contribution is 2.16. The first kappa shape index (κ1) is 11.7. The van der Waals surface area contributed by atoms with Crippen LogP contribution in [-0.4, -0.2) is 5.91 Å². The average Bonchev–Trinajstić information content (AvgIpc) is 2.17.